The van der Waals surface area contributed by atoms with Crippen molar-refractivity contribution in [2.45, 2.75) is 70.3 Å². The second kappa shape index (κ2) is 8.55. The number of carbonyl (C=O) groups is 1. The third-order valence-electron chi connectivity index (χ3n) is 5.73. The first kappa shape index (κ1) is 22.3. The van der Waals surface area contributed by atoms with Gasteiger partial charge in [0.25, 0.3) is 0 Å². The number of rotatable bonds is 6. The van der Waals surface area contributed by atoms with Crippen LogP contribution >= 0.6 is 0 Å². The predicted molar refractivity (Wildman–Crippen MR) is 112 cm³/mol. The Hall–Kier alpha value is -1.91. The van der Waals surface area contributed by atoms with Gasteiger partial charge in [0.1, 0.15) is 18.0 Å². The van der Waals surface area contributed by atoms with Crippen molar-refractivity contribution >= 4 is 11.7 Å². The summed E-state index contributed by atoms with van der Waals surface area (Å²) in [6.07, 6.45) is -0.473. The van der Waals surface area contributed by atoms with E-state index in [-0.39, 0.29) is 30.3 Å². The summed E-state index contributed by atoms with van der Waals surface area (Å²) < 4.78 is 35.1. The second-order valence-corrected chi connectivity index (χ2v) is 9.00. The van der Waals surface area contributed by atoms with Gasteiger partial charge in [-0.1, -0.05) is 0 Å². The lowest BCUT2D eigenvalue weighted by atomic mass is 9.91. The van der Waals surface area contributed by atoms with Crippen molar-refractivity contribution in [3.63, 3.8) is 0 Å². The van der Waals surface area contributed by atoms with Crippen molar-refractivity contribution in [3.8, 4) is 5.75 Å². The standard InChI is InChI=1S/C22H32N2O7/c1-21(2)27-12-16(29-21)17-15(18-19(28-17)31-22(3,4)30-18)10-11-23-20(25)24-13-6-8-14(26-5)9-7-13/h6-9,15-19H,10-12H2,1-5H3,(H2,23,24,25)/t15-,16?,17+,18-,19-/m1/s1. The van der Waals surface area contributed by atoms with Gasteiger partial charge < -0.3 is 39.1 Å². The van der Waals surface area contributed by atoms with E-state index in [9.17, 15) is 4.79 Å². The highest BCUT2D eigenvalue weighted by molar-refractivity contribution is 5.89. The molecule has 4 rings (SSSR count). The van der Waals surface area contributed by atoms with Gasteiger partial charge >= 0.3 is 6.03 Å². The molecule has 2 amide bonds. The molecule has 0 spiro atoms. The number of amides is 2. The Morgan fingerprint density at radius 1 is 1.06 bits per heavy atom. The molecule has 1 unspecified atom stereocenters. The number of methoxy groups -OCH3 is 1. The summed E-state index contributed by atoms with van der Waals surface area (Å²) in [5.74, 6) is -0.621. The quantitative estimate of drug-likeness (QED) is 0.708. The summed E-state index contributed by atoms with van der Waals surface area (Å²) in [6.45, 7) is 8.43. The molecule has 1 aromatic carbocycles. The van der Waals surface area contributed by atoms with Crippen LogP contribution in [0.2, 0.25) is 0 Å². The van der Waals surface area contributed by atoms with Crippen molar-refractivity contribution in [3.05, 3.63) is 24.3 Å². The summed E-state index contributed by atoms with van der Waals surface area (Å²) in [5.41, 5.74) is 0.688. The molecule has 0 aliphatic carbocycles. The van der Waals surface area contributed by atoms with E-state index in [4.69, 9.17) is 28.4 Å². The molecule has 0 radical (unpaired) electrons. The summed E-state index contributed by atoms with van der Waals surface area (Å²) >= 11 is 0. The zero-order valence-electron chi connectivity index (χ0n) is 18.7. The average molecular weight is 437 g/mol. The number of anilines is 1. The topological polar surface area (TPSA) is 96.5 Å². The van der Waals surface area contributed by atoms with Crippen LogP contribution in [0.4, 0.5) is 10.5 Å². The molecule has 172 valence electrons. The first-order chi connectivity index (χ1) is 14.7. The maximum Gasteiger partial charge on any atom is 0.319 e. The van der Waals surface area contributed by atoms with E-state index < -0.39 is 17.9 Å². The van der Waals surface area contributed by atoms with E-state index in [0.29, 0.717) is 25.3 Å². The number of ether oxygens (including phenoxy) is 6. The first-order valence-corrected chi connectivity index (χ1v) is 10.7. The fourth-order valence-corrected chi connectivity index (χ4v) is 4.37. The Morgan fingerprint density at radius 3 is 2.45 bits per heavy atom. The molecule has 5 atom stereocenters. The van der Waals surface area contributed by atoms with E-state index in [0.717, 1.165) is 5.75 Å². The van der Waals surface area contributed by atoms with Gasteiger partial charge in [0.2, 0.25) is 0 Å². The summed E-state index contributed by atoms with van der Waals surface area (Å²) in [7, 11) is 1.60. The van der Waals surface area contributed by atoms with Crippen LogP contribution in [0.5, 0.6) is 5.75 Å². The highest BCUT2D eigenvalue weighted by Crippen LogP contribution is 2.44. The monoisotopic (exact) mass is 436 g/mol. The van der Waals surface area contributed by atoms with Gasteiger partial charge in [-0.15, -0.1) is 0 Å². The van der Waals surface area contributed by atoms with Crippen LogP contribution in [-0.2, 0) is 23.7 Å². The molecule has 3 aliphatic rings. The van der Waals surface area contributed by atoms with Gasteiger partial charge in [-0.25, -0.2) is 4.79 Å². The fraction of sp³-hybridized carbons (Fsp3) is 0.682. The van der Waals surface area contributed by atoms with Crippen molar-refractivity contribution < 1.29 is 33.2 Å². The minimum atomic E-state index is -0.704. The minimum absolute atomic E-state index is 0.00411. The number of carbonyl (C=O) groups excluding carboxylic acids is 1. The lowest BCUT2D eigenvalue weighted by Crippen LogP contribution is -2.41. The highest BCUT2D eigenvalue weighted by atomic mass is 16.8. The smallest absolute Gasteiger partial charge is 0.319 e. The zero-order valence-corrected chi connectivity index (χ0v) is 18.7. The van der Waals surface area contributed by atoms with E-state index in [2.05, 4.69) is 10.6 Å². The summed E-state index contributed by atoms with van der Waals surface area (Å²) in [4.78, 5) is 12.3. The zero-order chi connectivity index (χ0) is 22.2. The van der Waals surface area contributed by atoms with E-state index >= 15 is 0 Å². The van der Waals surface area contributed by atoms with Crippen molar-refractivity contribution in [2.75, 3.05) is 25.6 Å². The third kappa shape index (κ3) is 5.12. The van der Waals surface area contributed by atoms with Crippen LogP contribution in [0, 0.1) is 5.92 Å². The highest BCUT2D eigenvalue weighted by Gasteiger charge is 2.57. The van der Waals surface area contributed by atoms with Crippen LogP contribution in [0.3, 0.4) is 0 Å². The van der Waals surface area contributed by atoms with Crippen molar-refractivity contribution in [1.29, 1.82) is 0 Å². The molecule has 0 bridgehead atoms. The number of fused-ring (bicyclic) bond motifs is 1. The van der Waals surface area contributed by atoms with Gasteiger partial charge in [-0.05, 0) is 58.4 Å². The second-order valence-electron chi connectivity index (χ2n) is 9.00. The van der Waals surface area contributed by atoms with Crippen LogP contribution in [0.25, 0.3) is 0 Å². The molecule has 9 heteroatoms. The Morgan fingerprint density at radius 2 is 1.81 bits per heavy atom. The molecule has 3 aliphatic heterocycles. The maximum absolute atomic E-state index is 12.3. The molecule has 31 heavy (non-hydrogen) atoms. The van der Waals surface area contributed by atoms with Gasteiger partial charge in [0, 0.05) is 18.2 Å². The van der Waals surface area contributed by atoms with Crippen molar-refractivity contribution in [1.82, 2.24) is 5.32 Å². The maximum atomic E-state index is 12.3. The lowest BCUT2D eigenvalue weighted by Gasteiger charge is -2.29. The van der Waals surface area contributed by atoms with Crippen LogP contribution in [0.15, 0.2) is 24.3 Å². The number of benzene rings is 1. The van der Waals surface area contributed by atoms with Gasteiger partial charge in [0.05, 0.1) is 19.8 Å². The lowest BCUT2D eigenvalue weighted by molar-refractivity contribution is -0.227. The Kier molecular flexibility index (Phi) is 6.15. The van der Waals surface area contributed by atoms with Gasteiger partial charge in [0.15, 0.2) is 17.9 Å². The molecule has 3 saturated heterocycles. The molecule has 3 fully saturated rings. The van der Waals surface area contributed by atoms with Crippen LogP contribution in [-0.4, -0.2) is 62.5 Å². The largest absolute Gasteiger partial charge is 0.497 e. The number of urea groups is 1. The van der Waals surface area contributed by atoms with Crippen molar-refractivity contribution in [2.24, 2.45) is 5.92 Å². The molecule has 1 aromatic rings. The number of hydrogen-bond acceptors (Lipinski definition) is 7. The summed E-state index contributed by atoms with van der Waals surface area (Å²) in [5, 5.41) is 5.73. The summed E-state index contributed by atoms with van der Waals surface area (Å²) in [6, 6.07) is 6.88. The van der Waals surface area contributed by atoms with E-state index in [1.807, 2.05) is 27.7 Å². The van der Waals surface area contributed by atoms with Crippen LogP contribution < -0.4 is 15.4 Å². The SMILES string of the molecule is COc1ccc(NC(=O)NCC[C@H]2[C@H]3OC(C)(C)O[C@H]3O[C@@H]2C2COC(C)(C)O2)cc1. The van der Waals surface area contributed by atoms with E-state index in [1.165, 1.54) is 0 Å². The molecular weight excluding hydrogens is 404 g/mol. The normalized spacial score (nSPS) is 33.1. The molecular formula is C22H32N2O7. The van der Waals surface area contributed by atoms with Gasteiger partial charge in [-0.3, -0.25) is 0 Å². The molecule has 9 nitrogen and oxygen atoms in total. The number of nitrogens with one attached hydrogen (secondary N) is 2. The first-order valence-electron chi connectivity index (χ1n) is 10.7. The molecule has 2 N–H and O–H groups in total. The predicted octanol–water partition coefficient (Wildman–Crippen LogP) is 2.85. The van der Waals surface area contributed by atoms with Crippen LogP contribution in [0.1, 0.15) is 34.1 Å². The molecule has 0 aromatic heterocycles. The fourth-order valence-electron chi connectivity index (χ4n) is 4.37. The number of hydrogen-bond donors (Lipinski definition) is 2. The molecule has 3 heterocycles. The van der Waals surface area contributed by atoms with E-state index in [1.54, 1.807) is 31.4 Å². The Labute approximate surface area is 182 Å². The third-order valence-corrected chi connectivity index (χ3v) is 5.73. The molecule has 0 saturated carbocycles. The minimum Gasteiger partial charge on any atom is -0.497 e. The van der Waals surface area contributed by atoms with Gasteiger partial charge in [-0.2, -0.15) is 0 Å². The Balaban J connectivity index is 1.34. The average Bonchev–Trinajstić information content (AvgIpc) is 3.32. The Bertz CT molecular complexity index is 783.